The number of aryl methyl sites for hydroxylation is 1. The molecule has 1 rings (SSSR count). The van der Waals surface area contributed by atoms with Crippen molar-refractivity contribution in [1.29, 1.82) is 0 Å². The van der Waals surface area contributed by atoms with Gasteiger partial charge in [0.1, 0.15) is 5.69 Å². The van der Waals surface area contributed by atoms with Gasteiger partial charge >= 0.3 is 0 Å². The molecular formula is C11H18BrN3O. The predicted molar refractivity (Wildman–Crippen MR) is 67.7 cm³/mol. The van der Waals surface area contributed by atoms with Crippen LogP contribution in [0, 0.1) is 5.92 Å². The molecule has 0 spiro atoms. The molecule has 0 bridgehead atoms. The maximum atomic E-state index is 11.7. The first-order valence-corrected chi connectivity index (χ1v) is 6.63. The molecule has 16 heavy (non-hydrogen) atoms. The monoisotopic (exact) mass is 287 g/mol. The van der Waals surface area contributed by atoms with Gasteiger partial charge in [0, 0.05) is 25.1 Å². The lowest BCUT2D eigenvalue weighted by Crippen LogP contribution is -2.29. The zero-order valence-electron chi connectivity index (χ0n) is 9.74. The van der Waals surface area contributed by atoms with Crippen molar-refractivity contribution in [3.05, 3.63) is 18.0 Å². The van der Waals surface area contributed by atoms with E-state index in [0.717, 1.165) is 24.7 Å². The maximum Gasteiger partial charge on any atom is 0.271 e. The van der Waals surface area contributed by atoms with Crippen LogP contribution in [0.5, 0.6) is 0 Å². The molecule has 1 amide bonds. The number of amides is 1. The van der Waals surface area contributed by atoms with Crippen LogP contribution in [0.15, 0.2) is 12.3 Å². The Hall–Kier alpha value is -0.840. The lowest BCUT2D eigenvalue weighted by atomic mass is 10.0. The first-order valence-electron chi connectivity index (χ1n) is 5.51. The van der Waals surface area contributed by atoms with E-state index in [1.54, 1.807) is 24.0 Å². The Bertz CT molecular complexity index is 338. The highest BCUT2D eigenvalue weighted by molar-refractivity contribution is 9.09. The predicted octanol–water partition coefficient (Wildman–Crippen LogP) is 1.96. The Balaban J connectivity index is 2.40. The number of alkyl halides is 1. The van der Waals surface area contributed by atoms with E-state index in [0.29, 0.717) is 11.6 Å². The van der Waals surface area contributed by atoms with E-state index in [2.05, 4.69) is 33.3 Å². The first kappa shape index (κ1) is 13.2. The van der Waals surface area contributed by atoms with Crippen LogP contribution in [0.2, 0.25) is 0 Å². The quantitative estimate of drug-likeness (QED) is 0.813. The molecule has 0 saturated heterocycles. The van der Waals surface area contributed by atoms with E-state index in [4.69, 9.17) is 0 Å². The van der Waals surface area contributed by atoms with E-state index in [1.165, 1.54) is 0 Å². The van der Waals surface area contributed by atoms with Gasteiger partial charge in [0.2, 0.25) is 0 Å². The number of nitrogens with one attached hydrogen (secondary N) is 1. The van der Waals surface area contributed by atoms with Gasteiger partial charge in [0.25, 0.3) is 5.91 Å². The van der Waals surface area contributed by atoms with Crippen molar-refractivity contribution >= 4 is 21.8 Å². The van der Waals surface area contributed by atoms with Crippen LogP contribution in [0.4, 0.5) is 0 Å². The van der Waals surface area contributed by atoms with Crippen LogP contribution in [-0.2, 0) is 7.05 Å². The summed E-state index contributed by atoms with van der Waals surface area (Å²) in [5, 5.41) is 7.95. The van der Waals surface area contributed by atoms with Crippen molar-refractivity contribution < 1.29 is 4.79 Å². The van der Waals surface area contributed by atoms with Crippen molar-refractivity contribution in [3.8, 4) is 0 Å². The van der Waals surface area contributed by atoms with E-state index < -0.39 is 0 Å². The van der Waals surface area contributed by atoms with Gasteiger partial charge in [-0.3, -0.25) is 9.48 Å². The number of halogens is 1. The SMILES string of the molecule is CCC(CCBr)CNC(=O)c1ccn(C)n1. The standard InChI is InChI=1S/C11H18BrN3O/c1-3-9(4-6-12)8-13-11(16)10-5-7-15(2)14-10/h5,7,9H,3-4,6,8H2,1-2H3,(H,13,16). The van der Waals surface area contributed by atoms with Crippen molar-refractivity contribution in [2.24, 2.45) is 13.0 Å². The smallest absolute Gasteiger partial charge is 0.271 e. The molecule has 0 aliphatic heterocycles. The topological polar surface area (TPSA) is 46.9 Å². The van der Waals surface area contributed by atoms with Gasteiger partial charge in [-0.15, -0.1) is 0 Å². The van der Waals surface area contributed by atoms with Crippen LogP contribution < -0.4 is 5.32 Å². The number of aromatic nitrogens is 2. The lowest BCUT2D eigenvalue weighted by Gasteiger charge is -2.13. The van der Waals surface area contributed by atoms with Crippen LogP contribution >= 0.6 is 15.9 Å². The summed E-state index contributed by atoms with van der Waals surface area (Å²) in [6, 6.07) is 1.72. The normalized spacial score (nSPS) is 12.4. The zero-order valence-corrected chi connectivity index (χ0v) is 11.3. The number of carbonyl (C=O) groups excluding carboxylic acids is 1. The fraction of sp³-hybridized carbons (Fsp3) is 0.636. The van der Waals surface area contributed by atoms with E-state index >= 15 is 0 Å². The van der Waals surface area contributed by atoms with Crippen molar-refractivity contribution in [2.75, 3.05) is 11.9 Å². The highest BCUT2D eigenvalue weighted by Crippen LogP contribution is 2.08. The maximum absolute atomic E-state index is 11.7. The summed E-state index contributed by atoms with van der Waals surface area (Å²) in [6.07, 6.45) is 3.93. The fourth-order valence-corrected chi connectivity index (χ4v) is 2.12. The molecule has 1 aromatic heterocycles. The first-order chi connectivity index (χ1) is 7.67. The minimum Gasteiger partial charge on any atom is -0.350 e. The molecule has 0 fully saturated rings. The summed E-state index contributed by atoms with van der Waals surface area (Å²) < 4.78 is 1.63. The number of rotatable bonds is 6. The van der Waals surface area contributed by atoms with Gasteiger partial charge in [-0.05, 0) is 18.4 Å². The second-order valence-electron chi connectivity index (χ2n) is 3.84. The Morgan fingerprint density at radius 3 is 2.94 bits per heavy atom. The molecule has 1 heterocycles. The van der Waals surface area contributed by atoms with Crippen molar-refractivity contribution in [3.63, 3.8) is 0 Å². The average molecular weight is 288 g/mol. The van der Waals surface area contributed by atoms with Crippen molar-refractivity contribution in [2.45, 2.75) is 19.8 Å². The second kappa shape index (κ2) is 6.68. The van der Waals surface area contributed by atoms with Crippen LogP contribution in [0.25, 0.3) is 0 Å². The minimum atomic E-state index is -0.0892. The number of hydrogen-bond acceptors (Lipinski definition) is 2. The number of hydrogen-bond donors (Lipinski definition) is 1. The molecule has 4 nitrogen and oxygen atoms in total. The number of nitrogens with zero attached hydrogens (tertiary/aromatic N) is 2. The van der Waals surface area contributed by atoms with Gasteiger partial charge in [0.15, 0.2) is 0 Å². The van der Waals surface area contributed by atoms with Gasteiger partial charge < -0.3 is 5.32 Å². The molecule has 5 heteroatoms. The van der Waals surface area contributed by atoms with Gasteiger partial charge in [-0.2, -0.15) is 5.10 Å². The summed E-state index contributed by atoms with van der Waals surface area (Å²) >= 11 is 3.42. The second-order valence-corrected chi connectivity index (χ2v) is 4.63. The Morgan fingerprint density at radius 2 is 2.44 bits per heavy atom. The number of carbonyl (C=O) groups is 1. The van der Waals surface area contributed by atoms with Gasteiger partial charge in [-0.25, -0.2) is 0 Å². The molecule has 0 radical (unpaired) electrons. The molecule has 1 N–H and O–H groups in total. The molecular weight excluding hydrogens is 270 g/mol. The molecule has 0 aliphatic carbocycles. The van der Waals surface area contributed by atoms with Crippen LogP contribution in [0.3, 0.4) is 0 Å². The average Bonchev–Trinajstić information content (AvgIpc) is 2.70. The van der Waals surface area contributed by atoms with Crippen LogP contribution in [0.1, 0.15) is 30.3 Å². The summed E-state index contributed by atoms with van der Waals surface area (Å²) in [7, 11) is 1.80. The zero-order chi connectivity index (χ0) is 12.0. The van der Waals surface area contributed by atoms with Crippen LogP contribution in [-0.4, -0.2) is 27.6 Å². The summed E-state index contributed by atoms with van der Waals surface area (Å²) in [5.74, 6) is 0.445. The third kappa shape index (κ3) is 3.96. The Kier molecular flexibility index (Phi) is 5.52. The minimum absolute atomic E-state index is 0.0892. The largest absolute Gasteiger partial charge is 0.350 e. The van der Waals surface area contributed by atoms with E-state index in [-0.39, 0.29) is 5.91 Å². The van der Waals surface area contributed by atoms with Gasteiger partial charge in [0.05, 0.1) is 0 Å². The molecule has 90 valence electrons. The molecule has 0 aromatic carbocycles. The summed E-state index contributed by atoms with van der Waals surface area (Å²) in [4.78, 5) is 11.7. The highest BCUT2D eigenvalue weighted by atomic mass is 79.9. The lowest BCUT2D eigenvalue weighted by molar-refractivity contribution is 0.0941. The molecule has 1 unspecified atom stereocenters. The summed E-state index contributed by atoms with van der Waals surface area (Å²) in [6.45, 7) is 2.86. The highest BCUT2D eigenvalue weighted by Gasteiger charge is 2.11. The Morgan fingerprint density at radius 1 is 1.69 bits per heavy atom. The molecule has 1 atom stereocenters. The third-order valence-electron chi connectivity index (χ3n) is 2.59. The van der Waals surface area contributed by atoms with E-state index in [9.17, 15) is 4.79 Å². The molecule has 0 saturated carbocycles. The summed E-state index contributed by atoms with van der Waals surface area (Å²) in [5.41, 5.74) is 0.483. The molecule has 0 aliphatic rings. The van der Waals surface area contributed by atoms with E-state index in [1.807, 2.05) is 0 Å². The Labute approximate surface area is 105 Å². The fourth-order valence-electron chi connectivity index (χ4n) is 1.47. The third-order valence-corrected chi connectivity index (χ3v) is 3.05. The van der Waals surface area contributed by atoms with Gasteiger partial charge in [-0.1, -0.05) is 29.3 Å². The van der Waals surface area contributed by atoms with Crippen molar-refractivity contribution in [1.82, 2.24) is 15.1 Å². The molecule has 1 aromatic rings.